The maximum Gasteiger partial charge on any atom is 0.104 e. The number of nitrogens with zero attached hydrogens (tertiary/aromatic N) is 1. The number of thiocarbonyl (C=S) groups is 1. The molecule has 0 bridgehead atoms. The first-order valence-electron chi connectivity index (χ1n) is 6.63. The molecule has 19 heavy (non-hydrogen) atoms. The summed E-state index contributed by atoms with van der Waals surface area (Å²) in [6.07, 6.45) is 3.70. The smallest absolute Gasteiger partial charge is 0.104 e. The van der Waals surface area contributed by atoms with Crippen molar-refractivity contribution in [3.05, 3.63) is 28.8 Å². The minimum absolute atomic E-state index is 0.369. The Hall–Kier alpha value is -0.840. The molecule has 0 aromatic heterocycles. The number of piperidine rings is 1. The zero-order chi connectivity index (χ0) is 14.0. The monoisotopic (exact) mass is 297 g/mol. The first-order valence-corrected chi connectivity index (χ1v) is 7.42. The lowest BCUT2D eigenvalue weighted by molar-refractivity contribution is 0.136. The molecule has 1 aliphatic rings. The van der Waals surface area contributed by atoms with E-state index in [0.29, 0.717) is 22.1 Å². The summed E-state index contributed by atoms with van der Waals surface area (Å²) in [6.45, 7) is 4.47. The fraction of sp³-hybridized carbons (Fsp3) is 0.500. The molecule has 0 radical (unpaired) electrons. The van der Waals surface area contributed by atoms with E-state index in [2.05, 4.69) is 24.3 Å². The second-order valence-electron chi connectivity index (χ2n) is 5.21. The molecule has 1 aliphatic heterocycles. The summed E-state index contributed by atoms with van der Waals surface area (Å²) in [7, 11) is 0. The van der Waals surface area contributed by atoms with Crippen molar-refractivity contribution in [3.8, 4) is 0 Å². The van der Waals surface area contributed by atoms with Gasteiger partial charge in [0.25, 0.3) is 0 Å². The van der Waals surface area contributed by atoms with Gasteiger partial charge in [-0.1, -0.05) is 30.2 Å². The lowest BCUT2D eigenvalue weighted by Gasteiger charge is -2.39. The first kappa shape index (κ1) is 14.6. The number of hydrazine groups is 1. The van der Waals surface area contributed by atoms with E-state index >= 15 is 0 Å². The number of nitrogens with two attached hydrogens (primary N) is 1. The molecule has 5 heteroatoms. The quantitative estimate of drug-likeness (QED) is 0.837. The van der Waals surface area contributed by atoms with Crippen LogP contribution in [0.1, 0.15) is 38.7 Å². The zero-order valence-electron chi connectivity index (χ0n) is 11.3. The molecular formula is C14H20ClN3S. The third kappa shape index (κ3) is 3.38. The summed E-state index contributed by atoms with van der Waals surface area (Å²) in [5, 5.41) is 2.93. The maximum atomic E-state index is 6.28. The first-order chi connectivity index (χ1) is 8.99. The Kier molecular flexibility index (Phi) is 4.66. The van der Waals surface area contributed by atoms with Crippen LogP contribution in [0.2, 0.25) is 5.02 Å². The van der Waals surface area contributed by atoms with Crippen molar-refractivity contribution >= 4 is 34.5 Å². The highest BCUT2D eigenvalue weighted by molar-refractivity contribution is 7.80. The highest BCUT2D eigenvalue weighted by atomic mass is 35.5. The number of halogens is 1. The van der Waals surface area contributed by atoms with Crippen molar-refractivity contribution in [2.24, 2.45) is 5.73 Å². The van der Waals surface area contributed by atoms with Crippen molar-refractivity contribution < 1.29 is 0 Å². The van der Waals surface area contributed by atoms with Crippen LogP contribution in [0.4, 0.5) is 5.69 Å². The Morgan fingerprint density at radius 1 is 1.37 bits per heavy atom. The Morgan fingerprint density at radius 3 is 2.53 bits per heavy atom. The minimum Gasteiger partial charge on any atom is -0.389 e. The molecule has 1 aromatic rings. The molecule has 0 spiro atoms. The summed E-state index contributed by atoms with van der Waals surface area (Å²) in [5.41, 5.74) is 10.7. The number of hydrogen-bond donors (Lipinski definition) is 2. The SMILES string of the molecule is CC1CCCC(C)N1Nc1ccc(C(N)=S)cc1Cl. The van der Waals surface area contributed by atoms with Crippen molar-refractivity contribution in [3.63, 3.8) is 0 Å². The predicted molar refractivity (Wildman–Crippen MR) is 85.6 cm³/mol. The van der Waals surface area contributed by atoms with Gasteiger partial charge < -0.3 is 11.2 Å². The van der Waals surface area contributed by atoms with Crippen LogP contribution in [0.25, 0.3) is 0 Å². The second kappa shape index (κ2) is 6.07. The largest absolute Gasteiger partial charge is 0.389 e. The molecule has 3 nitrogen and oxygen atoms in total. The van der Waals surface area contributed by atoms with Crippen molar-refractivity contribution in [2.75, 3.05) is 5.43 Å². The summed E-state index contributed by atoms with van der Waals surface area (Å²) < 4.78 is 0. The van der Waals surface area contributed by atoms with E-state index in [1.165, 1.54) is 19.3 Å². The van der Waals surface area contributed by atoms with Gasteiger partial charge >= 0.3 is 0 Å². The molecule has 1 saturated heterocycles. The van der Waals surface area contributed by atoms with E-state index in [1.54, 1.807) is 0 Å². The second-order valence-corrected chi connectivity index (χ2v) is 6.05. The van der Waals surface area contributed by atoms with Crippen LogP contribution in [0.3, 0.4) is 0 Å². The molecule has 1 fully saturated rings. The van der Waals surface area contributed by atoms with Crippen molar-refractivity contribution in [1.82, 2.24) is 5.01 Å². The normalized spacial score (nSPS) is 24.2. The topological polar surface area (TPSA) is 41.3 Å². The molecule has 104 valence electrons. The minimum atomic E-state index is 0.369. The molecule has 1 aromatic carbocycles. The van der Waals surface area contributed by atoms with E-state index in [0.717, 1.165) is 11.3 Å². The molecule has 0 saturated carbocycles. The van der Waals surface area contributed by atoms with Crippen LogP contribution in [0.5, 0.6) is 0 Å². The summed E-state index contributed by atoms with van der Waals surface area (Å²) in [4.78, 5) is 0.369. The summed E-state index contributed by atoms with van der Waals surface area (Å²) in [5.74, 6) is 0. The Balaban J connectivity index is 2.16. The van der Waals surface area contributed by atoms with E-state index in [4.69, 9.17) is 29.6 Å². The van der Waals surface area contributed by atoms with E-state index in [9.17, 15) is 0 Å². The molecule has 0 aliphatic carbocycles. The Bertz CT molecular complexity index is 468. The van der Waals surface area contributed by atoms with Gasteiger partial charge in [-0.2, -0.15) is 0 Å². The average Bonchev–Trinajstić information content (AvgIpc) is 2.35. The predicted octanol–water partition coefficient (Wildman–Crippen LogP) is 3.56. The number of hydrogen-bond acceptors (Lipinski definition) is 3. The molecule has 1 heterocycles. The van der Waals surface area contributed by atoms with Gasteiger partial charge in [0.2, 0.25) is 0 Å². The van der Waals surface area contributed by atoms with E-state index in [1.807, 2.05) is 18.2 Å². The zero-order valence-corrected chi connectivity index (χ0v) is 12.9. The number of benzene rings is 1. The van der Waals surface area contributed by atoms with Crippen LogP contribution in [-0.4, -0.2) is 22.1 Å². The molecule has 2 unspecified atom stereocenters. The van der Waals surface area contributed by atoms with Gasteiger partial charge in [-0.05, 0) is 44.9 Å². The molecular weight excluding hydrogens is 278 g/mol. The Morgan fingerprint density at radius 2 is 2.00 bits per heavy atom. The lowest BCUT2D eigenvalue weighted by atomic mass is 10.00. The summed E-state index contributed by atoms with van der Waals surface area (Å²) >= 11 is 11.2. The number of rotatable bonds is 3. The van der Waals surface area contributed by atoms with Crippen LogP contribution in [0, 0.1) is 0 Å². The highest BCUT2D eigenvalue weighted by Gasteiger charge is 2.25. The molecule has 0 amide bonds. The van der Waals surface area contributed by atoms with Gasteiger partial charge in [0.05, 0.1) is 10.7 Å². The average molecular weight is 298 g/mol. The maximum absolute atomic E-state index is 6.28. The van der Waals surface area contributed by atoms with Crippen LogP contribution < -0.4 is 11.2 Å². The lowest BCUT2D eigenvalue weighted by Crippen LogP contribution is -2.47. The van der Waals surface area contributed by atoms with Gasteiger partial charge in [-0.15, -0.1) is 0 Å². The molecule has 2 atom stereocenters. The number of anilines is 1. The summed E-state index contributed by atoms with van der Waals surface area (Å²) in [6, 6.07) is 6.66. The fourth-order valence-electron chi connectivity index (χ4n) is 2.54. The van der Waals surface area contributed by atoms with E-state index in [-0.39, 0.29) is 0 Å². The number of nitrogens with one attached hydrogen (secondary N) is 1. The third-order valence-corrected chi connectivity index (χ3v) is 4.25. The van der Waals surface area contributed by atoms with Gasteiger partial charge in [-0.3, -0.25) is 0 Å². The van der Waals surface area contributed by atoms with Crippen LogP contribution in [-0.2, 0) is 0 Å². The third-order valence-electron chi connectivity index (χ3n) is 3.70. The van der Waals surface area contributed by atoms with Gasteiger partial charge in [0.1, 0.15) is 4.99 Å². The van der Waals surface area contributed by atoms with Crippen LogP contribution >= 0.6 is 23.8 Å². The van der Waals surface area contributed by atoms with Gasteiger partial charge in [0, 0.05) is 17.6 Å². The van der Waals surface area contributed by atoms with E-state index < -0.39 is 0 Å². The van der Waals surface area contributed by atoms with Gasteiger partial charge in [-0.25, -0.2) is 5.01 Å². The molecule has 2 rings (SSSR count). The van der Waals surface area contributed by atoms with Crippen LogP contribution in [0.15, 0.2) is 18.2 Å². The molecule has 3 N–H and O–H groups in total. The highest BCUT2D eigenvalue weighted by Crippen LogP contribution is 2.28. The standard InChI is InChI=1S/C14H20ClN3S/c1-9-4-3-5-10(2)18(9)17-13-7-6-11(14(16)19)8-12(13)15/h6-10,17H,3-5H2,1-2H3,(H2,16,19). The van der Waals surface area contributed by atoms with Gasteiger partial charge in [0.15, 0.2) is 0 Å². The Labute approximate surface area is 125 Å². The fourth-order valence-corrected chi connectivity index (χ4v) is 2.89. The van der Waals surface area contributed by atoms with Crippen molar-refractivity contribution in [2.45, 2.75) is 45.2 Å². The van der Waals surface area contributed by atoms with Crippen molar-refractivity contribution in [1.29, 1.82) is 0 Å².